The maximum Gasteiger partial charge on any atom is 0.128 e. The summed E-state index contributed by atoms with van der Waals surface area (Å²) in [5.41, 5.74) is 7.10. The molecule has 1 aliphatic heterocycles. The van der Waals surface area contributed by atoms with E-state index < -0.39 is 0 Å². The number of nitrogens with two attached hydrogens (primary N) is 1. The summed E-state index contributed by atoms with van der Waals surface area (Å²) in [4.78, 5) is 2.44. The van der Waals surface area contributed by atoms with Gasteiger partial charge in [0.05, 0.1) is 19.3 Å². The van der Waals surface area contributed by atoms with E-state index in [0.29, 0.717) is 5.56 Å². The summed E-state index contributed by atoms with van der Waals surface area (Å²) < 4.78 is 20.6. The first-order chi connectivity index (χ1) is 10.1. The molecule has 1 aliphatic carbocycles. The van der Waals surface area contributed by atoms with Gasteiger partial charge in [-0.1, -0.05) is 28.8 Å². The predicted molar refractivity (Wildman–Crippen MR) is 84.6 cm³/mol. The molecule has 1 saturated heterocycles. The van der Waals surface area contributed by atoms with Crippen LogP contribution in [0.15, 0.2) is 22.7 Å². The summed E-state index contributed by atoms with van der Waals surface area (Å²) in [6.45, 7) is 3.28. The van der Waals surface area contributed by atoms with Crippen LogP contribution in [0.25, 0.3) is 0 Å². The van der Waals surface area contributed by atoms with Crippen LogP contribution in [-0.4, -0.2) is 36.7 Å². The Morgan fingerprint density at radius 3 is 2.57 bits per heavy atom. The van der Waals surface area contributed by atoms with Gasteiger partial charge in [0.15, 0.2) is 0 Å². The highest BCUT2D eigenvalue weighted by Gasteiger charge is 2.46. The van der Waals surface area contributed by atoms with Crippen molar-refractivity contribution in [3.63, 3.8) is 0 Å². The monoisotopic (exact) mass is 356 g/mol. The third-order valence-electron chi connectivity index (χ3n) is 4.98. The molecule has 1 aromatic rings. The van der Waals surface area contributed by atoms with Crippen molar-refractivity contribution in [1.29, 1.82) is 0 Å². The van der Waals surface area contributed by atoms with Gasteiger partial charge in [-0.3, -0.25) is 4.90 Å². The highest BCUT2D eigenvalue weighted by Crippen LogP contribution is 2.44. The Labute approximate surface area is 133 Å². The Bertz CT molecular complexity index is 499. The third-order valence-corrected chi connectivity index (χ3v) is 5.48. The van der Waals surface area contributed by atoms with Crippen LogP contribution in [0.2, 0.25) is 0 Å². The molecule has 1 heterocycles. The fraction of sp³-hybridized carbons (Fsp3) is 0.625. The summed E-state index contributed by atoms with van der Waals surface area (Å²) in [5, 5.41) is 0. The van der Waals surface area contributed by atoms with Crippen molar-refractivity contribution >= 4 is 15.9 Å². The number of nitrogens with zero attached hydrogens (tertiary/aromatic N) is 1. The quantitative estimate of drug-likeness (QED) is 0.903. The van der Waals surface area contributed by atoms with Crippen molar-refractivity contribution in [2.24, 2.45) is 5.73 Å². The van der Waals surface area contributed by atoms with Gasteiger partial charge in [0, 0.05) is 28.7 Å². The second kappa shape index (κ2) is 6.32. The van der Waals surface area contributed by atoms with E-state index in [1.165, 1.54) is 18.9 Å². The topological polar surface area (TPSA) is 38.5 Å². The van der Waals surface area contributed by atoms with Gasteiger partial charge in [0.2, 0.25) is 0 Å². The number of morpholine rings is 1. The minimum Gasteiger partial charge on any atom is -0.379 e. The van der Waals surface area contributed by atoms with Crippen LogP contribution in [0.1, 0.15) is 37.3 Å². The first-order valence-corrected chi connectivity index (χ1v) is 8.46. The average molecular weight is 357 g/mol. The molecule has 2 fully saturated rings. The summed E-state index contributed by atoms with van der Waals surface area (Å²) in [6, 6.07) is 4.76. The first-order valence-electron chi connectivity index (χ1n) is 7.67. The molecule has 0 aromatic heterocycles. The fourth-order valence-electron chi connectivity index (χ4n) is 3.86. The van der Waals surface area contributed by atoms with Crippen LogP contribution >= 0.6 is 15.9 Å². The average Bonchev–Trinajstić information content (AvgIpc) is 3.01. The van der Waals surface area contributed by atoms with Crippen LogP contribution < -0.4 is 5.73 Å². The van der Waals surface area contributed by atoms with Crippen molar-refractivity contribution < 1.29 is 9.13 Å². The molecule has 5 heteroatoms. The lowest BCUT2D eigenvalue weighted by molar-refractivity contribution is -0.0315. The minimum absolute atomic E-state index is 0.120. The van der Waals surface area contributed by atoms with Gasteiger partial charge in [0.25, 0.3) is 0 Å². The van der Waals surface area contributed by atoms with Crippen LogP contribution in [0.5, 0.6) is 0 Å². The molecule has 1 unspecified atom stereocenters. The lowest BCUT2D eigenvalue weighted by Crippen LogP contribution is -2.57. The number of hydrogen-bond acceptors (Lipinski definition) is 3. The standard InChI is InChI=1S/C16H22BrFN2O/c17-12-3-4-14(18)13(11-12)15(19)16(5-1-2-6-16)20-7-9-21-10-8-20/h3-4,11,15H,1-2,5-10,19H2. The molecule has 0 radical (unpaired) electrons. The van der Waals surface area contributed by atoms with E-state index in [2.05, 4.69) is 20.8 Å². The molecule has 116 valence electrons. The van der Waals surface area contributed by atoms with Crippen LogP contribution in [0.3, 0.4) is 0 Å². The van der Waals surface area contributed by atoms with Gasteiger partial charge in [-0.15, -0.1) is 0 Å². The van der Waals surface area contributed by atoms with Gasteiger partial charge < -0.3 is 10.5 Å². The molecule has 1 aromatic carbocycles. The largest absolute Gasteiger partial charge is 0.379 e. The highest BCUT2D eigenvalue weighted by molar-refractivity contribution is 9.10. The maximum absolute atomic E-state index is 14.3. The molecule has 1 saturated carbocycles. The Morgan fingerprint density at radius 2 is 1.90 bits per heavy atom. The van der Waals surface area contributed by atoms with E-state index >= 15 is 0 Å². The third kappa shape index (κ3) is 2.89. The fourth-order valence-corrected chi connectivity index (χ4v) is 4.24. The Hall–Kier alpha value is -0.490. The van der Waals surface area contributed by atoms with Crippen molar-refractivity contribution in [3.8, 4) is 0 Å². The number of halogens is 2. The molecule has 3 rings (SSSR count). The number of benzene rings is 1. The van der Waals surface area contributed by atoms with Gasteiger partial charge in [-0.2, -0.15) is 0 Å². The molecule has 2 N–H and O–H groups in total. The van der Waals surface area contributed by atoms with Crippen LogP contribution in [0, 0.1) is 5.82 Å². The predicted octanol–water partition coefficient (Wildman–Crippen LogP) is 3.23. The van der Waals surface area contributed by atoms with E-state index in [0.717, 1.165) is 43.6 Å². The molecule has 0 bridgehead atoms. The van der Waals surface area contributed by atoms with E-state index in [1.54, 1.807) is 6.07 Å². The Morgan fingerprint density at radius 1 is 1.24 bits per heavy atom. The van der Waals surface area contributed by atoms with E-state index in [-0.39, 0.29) is 17.4 Å². The summed E-state index contributed by atoms with van der Waals surface area (Å²) >= 11 is 3.43. The Balaban J connectivity index is 1.94. The van der Waals surface area contributed by atoms with E-state index in [4.69, 9.17) is 10.5 Å². The number of hydrogen-bond donors (Lipinski definition) is 1. The molecule has 1 atom stereocenters. The molecular weight excluding hydrogens is 335 g/mol. The molecule has 0 amide bonds. The maximum atomic E-state index is 14.3. The molecular formula is C16H22BrFN2O. The lowest BCUT2D eigenvalue weighted by Gasteiger charge is -2.47. The summed E-state index contributed by atoms with van der Waals surface area (Å²) in [6.07, 6.45) is 4.42. The Kier molecular flexibility index (Phi) is 4.64. The van der Waals surface area contributed by atoms with Gasteiger partial charge in [-0.05, 0) is 31.0 Å². The van der Waals surface area contributed by atoms with Crippen molar-refractivity contribution in [3.05, 3.63) is 34.1 Å². The zero-order valence-electron chi connectivity index (χ0n) is 12.2. The highest BCUT2D eigenvalue weighted by atomic mass is 79.9. The molecule has 3 nitrogen and oxygen atoms in total. The lowest BCUT2D eigenvalue weighted by atomic mass is 9.82. The SMILES string of the molecule is NC(c1cc(Br)ccc1F)C1(N2CCOCC2)CCCC1. The number of rotatable bonds is 3. The minimum atomic E-state index is -0.296. The van der Waals surface area contributed by atoms with Gasteiger partial charge in [0.1, 0.15) is 5.82 Å². The molecule has 2 aliphatic rings. The van der Waals surface area contributed by atoms with Crippen LogP contribution in [0.4, 0.5) is 4.39 Å². The smallest absolute Gasteiger partial charge is 0.128 e. The summed E-state index contributed by atoms with van der Waals surface area (Å²) in [7, 11) is 0. The van der Waals surface area contributed by atoms with Crippen LogP contribution in [-0.2, 0) is 4.74 Å². The van der Waals surface area contributed by atoms with Crippen molar-refractivity contribution in [1.82, 2.24) is 4.90 Å². The summed E-state index contributed by atoms with van der Waals surface area (Å²) in [5.74, 6) is -0.203. The second-order valence-corrected chi connectivity index (χ2v) is 6.97. The zero-order chi connectivity index (χ0) is 14.9. The normalized spacial score (nSPS) is 24.1. The molecule has 21 heavy (non-hydrogen) atoms. The van der Waals surface area contributed by atoms with Gasteiger partial charge >= 0.3 is 0 Å². The van der Waals surface area contributed by atoms with E-state index in [9.17, 15) is 4.39 Å². The van der Waals surface area contributed by atoms with E-state index in [1.807, 2.05) is 6.07 Å². The van der Waals surface area contributed by atoms with Crippen molar-refractivity contribution in [2.75, 3.05) is 26.3 Å². The molecule has 0 spiro atoms. The second-order valence-electron chi connectivity index (χ2n) is 6.05. The number of ether oxygens (including phenoxy) is 1. The van der Waals surface area contributed by atoms with Gasteiger partial charge in [-0.25, -0.2) is 4.39 Å². The van der Waals surface area contributed by atoms with Crippen molar-refractivity contribution in [2.45, 2.75) is 37.3 Å². The zero-order valence-corrected chi connectivity index (χ0v) is 13.7. The first kappa shape index (κ1) is 15.4.